The first-order valence-corrected chi connectivity index (χ1v) is 10.8. The van der Waals surface area contributed by atoms with E-state index in [2.05, 4.69) is 10.3 Å². The maximum atomic E-state index is 12.9. The second kappa shape index (κ2) is 8.64. The number of fused-ring (bicyclic) bond motifs is 1. The van der Waals surface area contributed by atoms with Gasteiger partial charge in [0, 0.05) is 42.8 Å². The van der Waals surface area contributed by atoms with E-state index < -0.39 is 5.60 Å². The summed E-state index contributed by atoms with van der Waals surface area (Å²) < 4.78 is 6.33. The third kappa shape index (κ3) is 4.43. The van der Waals surface area contributed by atoms with E-state index in [9.17, 15) is 9.59 Å². The third-order valence-electron chi connectivity index (χ3n) is 6.14. The lowest BCUT2D eigenvalue weighted by Crippen LogP contribution is -2.49. The van der Waals surface area contributed by atoms with Gasteiger partial charge in [-0.25, -0.2) is 0 Å². The molecule has 1 aliphatic carbocycles. The molecule has 4 rings (SSSR count). The number of carbonyl (C=O) groups is 2. The molecule has 1 aromatic heterocycles. The van der Waals surface area contributed by atoms with Crippen molar-refractivity contribution >= 4 is 23.4 Å². The van der Waals surface area contributed by atoms with Gasteiger partial charge in [-0.3, -0.25) is 14.6 Å². The summed E-state index contributed by atoms with van der Waals surface area (Å²) in [5, 5.41) is 3.47. The predicted molar refractivity (Wildman–Crippen MR) is 115 cm³/mol. The number of likely N-dealkylation sites (N-methyl/N-ethyl adjacent to an activating group) is 1. The molecule has 1 N–H and O–H groups in total. The fourth-order valence-electron chi connectivity index (χ4n) is 4.29. The van der Waals surface area contributed by atoms with E-state index in [4.69, 9.17) is 16.3 Å². The van der Waals surface area contributed by atoms with Gasteiger partial charge in [-0.1, -0.05) is 17.7 Å². The first-order chi connectivity index (χ1) is 14.5. The highest BCUT2D eigenvalue weighted by Gasteiger charge is 2.42. The highest BCUT2D eigenvalue weighted by Crippen LogP contribution is 2.39. The summed E-state index contributed by atoms with van der Waals surface area (Å²) in [6.07, 6.45) is 5.44. The van der Waals surface area contributed by atoms with Gasteiger partial charge in [-0.05, 0) is 56.0 Å². The van der Waals surface area contributed by atoms with E-state index in [1.54, 1.807) is 24.4 Å². The van der Waals surface area contributed by atoms with Gasteiger partial charge in [0.15, 0.2) is 0 Å². The Morgan fingerprint density at radius 1 is 1.30 bits per heavy atom. The van der Waals surface area contributed by atoms with Crippen molar-refractivity contribution in [3.8, 4) is 5.75 Å². The first kappa shape index (κ1) is 20.7. The first-order valence-electron chi connectivity index (χ1n) is 10.4. The quantitative estimate of drug-likeness (QED) is 0.810. The van der Waals surface area contributed by atoms with Crippen LogP contribution in [0.4, 0.5) is 0 Å². The summed E-state index contributed by atoms with van der Waals surface area (Å²) in [5.74, 6) is 0.547. The Labute approximate surface area is 181 Å². The number of amides is 2. The Morgan fingerprint density at radius 2 is 2.10 bits per heavy atom. The van der Waals surface area contributed by atoms with Crippen LogP contribution in [0.5, 0.6) is 5.75 Å². The number of nitrogens with one attached hydrogen (secondary N) is 1. The second-order valence-electron chi connectivity index (χ2n) is 8.21. The molecule has 1 spiro atoms. The molecule has 0 unspecified atom stereocenters. The van der Waals surface area contributed by atoms with Crippen LogP contribution < -0.4 is 10.1 Å². The molecule has 0 radical (unpaired) electrons. The smallest absolute Gasteiger partial charge is 0.255 e. The number of carbonyl (C=O) groups excluding carboxylic acids is 2. The van der Waals surface area contributed by atoms with Gasteiger partial charge in [0.25, 0.3) is 5.91 Å². The Morgan fingerprint density at radius 3 is 2.83 bits per heavy atom. The molecule has 0 saturated heterocycles. The van der Waals surface area contributed by atoms with Crippen molar-refractivity contribution in [3.05, 3.63) is 58.9 Å². The molecule has 1 aromatic carbocycles. The van der Waals surface area contributed by atoms with Crippen molar-refractivity contribution in [3.63, 3.8) is 0 Å². The van der Waals surface area contributed by atoms with Crippen LogP contribution in [0, 0.1) is 5.92 Å². The summed E-state index contributed by atoms with van der Waals surface area (Å²) in [5.41, 5.74) is 0.978. The zero-order chi connectivity index (χ0) is 21.1. The molecule has 30 heavy (non-hydrogen) atoms. The van der Waals surface area contributed by atoms with E-state index in [1.807, 2.05) is 30.1 Å². The fourth-order valence-corrected chi connectivity index (χ4v) is 4.47. The minimum Gasteiger partial charge on any atom is -0.485 e. The monoisotopic (exact) mass is 427 g/mol. The number of benzene rings is 1. The fraction of sp³-hybridized carbons (Fsp3) is 0.435. The van der Waals surface area contributed by atoms with E-state index >= 15 is 0 Å². The van der Waals surface area contributed by atoms with Crippen LogP contribution >= 0.6 is 11.6 Å². The average Bonchev–Trinajstić information content (AvgIpc) is 2.90. The van der Waals surface area contributed by atoms with Gasteiger partial charge in [-0.2, -0.15) is 0 Å². The zero-order valence-corrected chi connectivity index (χ0v) is 17.8. The zero-order valence-electron chi connectivity index (χ0n) is 17.1. The molecule has 1 aliphatic heterocycles. The van der Waals surface area contributed by atoms with Crippen LogP contribution in [0.15, 0.2) is 42.6 Å². The number of ether oxygens (including phenoxy) is 1. The predicted octanol–water partition coefficient (Wildman–Crippen LogP) is 3.49. The van der Waals surface area contributed by atoms with Crippen LogP contribution in [-0.4, -0.2) is 47.4 Å². The topological polar surface area (TPSA) is 71.5 Å². The van der Waals surface area contributed by atoms with E-state index in [-0.39, 0.29) is 17.7 Å². The van der Waals surface area contributed by atoms with E-state index in [1.165, 1.54) is 0 Å². The number of pyridine rings is 1. The van der Waals surface area contributed by atoms with Crippen LogP contribution in [0.1, 0.15) is 41.7 Å². The van der Waals surface area contributed by atoms with Gasteiger partial charge < -0.3 is 15.0 Å². The number of hydrogen-bond donors (Lipinski definition) is 1. The Kier molecular flexibility index (Phi) is 5.95. The summed E-state index contributed by atoms with van der Waals surface area (Å²) in [4.78, 5) is 31.5. The van der Waals surface area contributed by atoms with Crippen molar-refractivity contribution in [2.75, 3.05) is 20.1 Å². The third-order valence-corrected chi connectivity index (χ3v) is 6.37. The SMILES string of the molecule is CN(CCc1ccccn1)C(=O)C1CCC2(CC1)CNC(=O)c1cc(Cl)ccc1O2. The molecule has 0 bridgehead atoms. The molecule has 2 aromatic rings. The van der Waals surface area contributed by atoms with Crippen molar-refractivity contribution < 1.29 is 14.3 Å². The number of hydrogen-bond acceptors (Lipinski definition) is 4. The maximum Gasteiger partial charge on any atom is 0.255 e. The highest BCUT2D eigenvalue weighted by atomic mass is 35.5. The number of aromatic nitrogens is 1. The number of halogens is 1. The maximum absolute atomic E-state index is 12.9. The molecular weight excluding hydrogens is 402 g/mol. The second-order valence-corrected chi connectivity index (χ2v) is 8.65. The van der Waals surface area contributed by atoms with Crippen LogP contribution in [0.2, 0.25) is 5.02 Å². The molecule has 1 fully saturated rings. The van der Waals surface area contributed by atoms with Crippen molar-refractivity contribution in [1.29, 1.82) is 0 Å². The van der Waals surface area contributed by atoms with Crippen molar-refractivity contribution in [1.82, 2.24) is 15.2 Å². The number of rotatable bonds is 4. The van der Waals surface area contributed by atoms with Gasteiger partial charge in [0.2, 0.25) is 5.91 Å². The molecule has 1 saturated carbocycles. The summed E-state index contributed by atoms with van der Waals surface area (Å²) in [7, 11) is 1.86. The summed E-state index contributed by atoms with van der Waals surface area (Å²) >= 11 is 6.04. The highest BCUT2D eigenvalue weighted by molar-refractivity contribution is 6.31. The van der Waals surface area contributed by atoms with Crippen molar-refractivity contribution in [2.45, 2.75) is 37.7 Å². The van der Waals surface area contributed by atoms with Crippen LogP contribution in [-0.2, 0) is 11.2 Å². The van der Waals surface area contributed by atoms with E-state index in [0.29, 0.717) is 29.4 Å². The number of nitrogens with zero attached hydrogens (tertiary/aromatic N) is 2. The minimum absolute atomic E-state index is 0.0170. The Hall–Kier alpha value is -2.60. The largest absolute Gasteiger partial charge is 0.485 e. The molecule has 7 heteroatoms. The lowest BCUT2D eigenvalue weighted by Gasteiger charge is -2.39. The minimum atomic E-state index is -0.474. The lowest BCUT2D eigenvalue weighted by molar-refractivity contribution is -0.136. The van der Waals surface area contributed by atoms with Crippen molar-refractivity contribution in [2.24, 2.45) is 5.92 Å². The average molecular weight is 428 g/mol. The van der Waals surface area contributed by atoms with E-state index in [0.717, 1.165) is 37.8 Å². The Bertz CT molecular complexity index is 927. The lowest BCUT2D eigenvalue weighted by atomic mass is 9.78. The standard InChI is InChI=1S/C23H26ClN3O3/c1-27(13-9-18-4-2-3-12-25-18)22(29)16-7-10-23(11-8-16)15-26-21(28)19-14-17(24)5-6-20(19)30-23/h2-6,12,14,16H,7-11,13,15H2,1H3,(H,26,28). The van der Waals surface area contributed by atoms with Gasteiger partial charge >= 0.3 is 0 Å². The van der Waals surface area contributed by atoms with Crippen LogP contribution in [0.3, 0.4) is 0 Å². The molecule has 2 amide bonds. The molecule has 2 aliphatic rings. The summed E-state index contributed by atoms with van der Waals surface area (Å²) in [6.45, 7) is 1.09. The molecule has 6 nitrogen and oxygen atoms in total. The molecule has 2 heterocycles. The van der Waals surface area contributed by atoms with Gasteiger partial charge in [0.1, 0.15) is 11.4 Å². The van der Waals surface area contributed by atoms with Crippen LogP contribution in [0.25, 0.3) is 0 Å². The normalized spacial score (nSPS) is 23.1. The summed E-state index contributed by atoms with van der Waals surface area (Å²) in [6, 6.07) is 11.0. The molecule has 0 atom stereocenters. The molecule has 158 valence electrons. The molecular formula is C23H26ClN3O3. The Balaban J connectivity index is 1.36. The van der Waals surface area contributed by atoms with Gasteiger partial charge in [-0.15, -0.1) is 0 Å². The van der Waals surface area contributed by atoms with Gasteiger partial charge in [0.05, 0.1) is 12.1 Å².